The third-order valence-corrected chi connectivity index (χ3v) is 8.66. The number of aromatic nitrogens is 1. The van der Waals surface area contributed by atoms with Crippen LogP contribution >= 0.6 is 11.8 Å². The number of para-hydroxylation sites is 1. The van der Waals surface area contributed by atoms with Gasteiger partial charge >= 0.3 is 0 Å². The fourth-order valence-electron chi connectivity index (χ4n) is 5.46. The lowest BCUT2D eigenvalue weighted by molar-refractivity contribution is -0.130. The minimum atomic E-state index is -0.191. The smallest absolute Gasteiger partial charge is 0.253 e. The van der Waals surface area contributed by atoms with Gasteiger partial charge in [0.1, 0.15) is 11.5 Å². The summed E-state index contributed by atoms with van der Waals surface area (Å²) >= 11 is 1.57. The highest BCUT2D eigenvalue weighted by Gasteiger charge is 2.33. The first-order valence-electron chi connectivity index (χ1n) is 14.0. The number of ether oxygens (including phenoxy) is 2. The quantitative estimate of drug-likeness (QED) is 0.171. The number of methoxy groups -OCH3 is 2. The van der Waals surface area contributed by atoms with Gasteiger partial charge in [-0.3, -0.25) is 4.79 Å². The average Bonchev–Trinajstić information content (AvgIpc) is 3.62. The molecule has 0 bridgehead atoms. The van der Waals surface area contributed by atoms with Crippen molar-refractivity contribution < 1.29 is 14.3 Å². The lowest BCUT2D eigenvalue weighted by atomic mass is 9.98. The molecule has 212 valence electrons. The maximum atomic E-state index is 13.8. The van der Waals surface area contributed by atoms with Crippen LogP contribution in [-0.4, -0.2) is 41.2 Å². The second kappa shape index (κ2) is 12.2. The van der Waals surface area contributed by atoms with Crippen LogP contribution in [0.1, 0.15) is 34.7 Å². The van der Waals surface area contributed by atoms with E-state index in [0.717, 1.165) is 50.7 Å². The van der Waals surface area contributed by atoms with Crippen molar-refractivity contribution in [3.63, 3.8) is 0 Å². The fraction of sp³-hybridized carbons (Fsp3) is 0.200. The molecule has 42 heavy (non-hydrogen) atoms. The summed E-state index contributed by atoms with van der Waals surface area (Å²) < 4.78 is 13.0. The highest BCUT2D eigenvalue weighted by molar-refractivity contribution is 8.00. The van der Waals surface area contributed by atoms with E-state index in [1.165, 1.54) is 11.1 Å². The molecule has 1 aliphatic rings. The Kier molecular flexibility index (Phi) is 8.02. The Morgan fingerprint density at radius 3 is 2.33 bits per heavy atom. The summed E-state index contributed by atoms with van der Waals surface area (Å²) in [6.07, 6.45) is 2.80. The van der Waals surface area contributed by atoms with Gasteiger partial charge in [-0.25, -0.2) is 5.01 Å². The van der Waals surface area contributed by atoms with Gasteiger partial charge in [-0.15, -0.1) is 11.8 Å². The number of benzene rings is 4. The highest BCUT2D eigenvalue weighted by atomic mass is 32.2. The molecule has 4 aromatic carbocycles. The summed E-state index contributed by atoms with van der Waals surface area (Å²) in [6, 6.07) is 32.5. The minimum absolute atomic E-state index is 0.0279. The Bertz CT molecular complexity index is 1740. The minimum Gasteiger partial charge on any atom is -0.497 e. The largest absolute Gasteiger partial charge is 0.497 e. The van der Waals surface area contributed by atoms with Gasteiger partial charge in [-0.1, -0.05) is 60.2 Å². The normalized spacial score (nSPS) is 14.7. The standard InChI is InChI=1S/C35H33N3O3S/c1-24-7-6-8-25(19-24)21-37-22-34(30-9-4-5-10-32(30)37)42-23-35(39)38-33(27-13-17-29(41-3)18-14-27)20-31(36-38)26-11-15-28(40-2)16-12-26/h4-19,22,33H,20-21,23H2,1-3H3. The molecule has 0 N–H and O–H groups in total. The number of hydrogen-bond acceptors (Lipinski definition) is 5. The molecule has 0 aliphatic carbocycles. The van der Waals surface area contributed by atoms with E-state index in [1.807, 2.05) is 48.5 Å². The third-order valence-electron chi connectivity index (χ3n) is 7.63. The van der Waals surface area contributed by atoms with Crippen LogP contribution in [0, 0.1) is 6.92 Å². The molecule has 2 heterocycles. The van der Waals surface area contributed by atoms with Gasteiger partial charge in [0, 0.05) is 35.0 Å². The van der Waals surface area contributed by atoms with Crippen molar-refractivity contribution in [1.29, 1.82) is 0 Å². The van der Waals surface area contributed by atoms with E-state index in [2.05, 4.69) is 66.2 Å². The maximum Gasteiger partial charge on any atom is 0.253 e. The molecule has 1 unspecified atom stereocenters. The second-order valence-corrected chi connectivity index (χ2v) is 11.4. The van der Waals surface area contributed by atoms with E-state index in [0.29, 0.717) is 6.42 Å². The molecule has 0 saturated heterocycles. The first kappa shape index (κ1) is 27.7. The molecular weight excluding hydrogens is 542 g/mol. The van der Waals surface area contributed by atoms with Crippen LogP contribution in [-0.2, 0) is 11.3 Å². The van der Waals surface area contributed by atoms with Crippen LogP contribution in [0.3, 0.4) is 0 Å². The molecule has 0 fully saturated rings. The maximum absolute atomic E-state index is 13.8. The molecule has 1 aromatic heterocycles. The third kappa shape index (κ3) is 5.78. The molecule has 7 heteroatoms. The summed E-state index contributed by atoms with van der Waals surface area (Å²) in [5.74, 6) is 1.82. The van der Waals surface area contributed by atoms with Gasteiger partial charge in [-0.2, -0.15) is 5.10 Å². The molecule has 0 radical (unpaired) electrons. The van der Waals surface area contributed by atoms with E-state index in [4.69, 9.17) is 14.6 Å². The Balaban J connectivity index is 1.26. The number of carbonyl (C=O) groups is 1. The van der Waals surface area contributed by atoms with Crippen LogP contribution in [0.5, 0.6) is 11.5 Å². The molecule has 1 atom stereocenters. The van der Waals surface area contributed by atoms with Gasteiger partial charge in [0.05, 0.1) is 31.7 Å². The van der Waals surface area contributed by atoms with Crippen LogP contribution in [0.2, 0.25) is 0 Å². The van der Waals surface area contributed by atoms with Crippen molar-refractivity contribution in [1.82, 2.24) is 9.58 Å². The number of rotatable bonds is 9. The predicted octanol–water partition coefficient (Wildman–Crippen LogP) is 7.49. The van der Waals surface area contributed by atoms with E-state index in [9.17, 15) is 4.79 Å². The summed E-state index contributed by atoms with van der Waals surface area (Å²) in [4.78, 5) is 14.9. The number of fused-ring (bicyclic) bond motifs is 1. The van der Waals surface area contributed by atoms with Crippen molar-refractivity contribution in [2.45, 2.75) is 30.8 Å². The fourth-order valence-corrected chi connectivity index (χ4v) is 6.40. The SMILES string of the molecule is COc1ccc(C2=NN(C(=O)CSc3cn(Cc4cccc(C)c4)c4ccccc34)C(c3ccc(OC)cc3)C2)cc1. The summed E-state index contributed by atoms with van der Waals surface area (Å²) in [5.41, 5.74) is 6.55. The van der Waals surface area contributed by atoms with E-state index in [-0.39, 0.29) is 17.7 Å². The van der Waals surface area contributed by atoms with Crippen LogP contribution in [0.4, 0.5) is 0 Å². The van der Waals surface area contributed by atoms with Crippen LogP contribution in [0.25, 0.3) is 10.9 Å². The molecule has 1 aliphatic heterocycles. The number of hydrogen-bond donors (Lipinski definition) is 0. The van der Waals surface area contributed by atoms with Crippen molar-refractivity contribution in [2.75, 3.05) is 20.0 Å². The topological polar surface area (TPSA) is 56.1 Å². The predicted molar refractivity (Wildman–Crippen MR) is 170 cm³/mol. The number of nitrogens with zero attached hydrogens (tertiary/aromatic N) is 3. The average molecular weight is 576 g/mol. The summed E-state index contributed by atoms with van der Waals surface area (Å²) in [5, 5.41) is 7.69. The first-order chi connectivity index (χ1) is 20.5. The van der Waals surface area contributed by atoms with Crippen LogP contribution in [0.15, 0.2) is 113 Å². The molecule has 0 spiro atoms. The zero-order valence-corrected chi connectivity index (χ0v) is 24.8. The number of amides is 1. The zero-order valence-electron chi connectivity index (χ0n) is 24.0. The Labute approximate surface area is 250 Å². The number of hydrazone groups is 1. The first-order valence-corrected chi connectivity index (χ1v) is 14.9. The molecular formula is C35H33N3O3S. The highest BCUT2D eigenvalue weighted by Crippen LogP contribution is 2.36. The van der Waals surface area contributed by atoms with Gasteiger partial charge in [-0.05, 0) is 66.1 Å². The zero-order chi connectivity index (χ0) is 29.1. The van der Waals surface area contributed by atoms with Crippen molar-refractivity contribution >= 4 is 34.3 Å². The van der Waals surface area contributed by atoms with Gasteiger partial charge in [0.2, 0.25) is 0 Å². The number of aryl methyl sites for hydroxylation is 1. The molecule has 0 saturated carbocycles. The molecule has 6 nitrogen and oxygen atoms in total. The van der Waals surface area contributed by atoms with E-state index < -0.39 is 0 Å². The Morgan fingerprint density at radius 2 is 1.62 bits per heavy atom. The van der Waals surface area contributed by atoms with Gasteiger partial charge < -0.3 is 14.0 Å². The van der Waals surface area contributed by atoms with E-state index >= 15 is 0 Å². The van der Waals surface area contributed by atoms with Crippen LogP contribution < -0.4 is 9.47 Å². The van der Waals surface area contributed by atoms with Gasteiger partial charge in [0.15, 0.2) is 0 Å². The van der Waals surface area contributed by atoms with Crippen molar-refractivity contribution in [3.8, 4) is 11.5 Å². The summed E-state index contributed by atoms with van der Waals surface area (Å²) in [6.45, 7) is 2.89. The van der Waals surface area contributed by atoms with Crippen molar-refractivity contribution in [2.24, 2.45) is 5.10 Å². The van der Waals surface area contributed by atoms with Gasteiger partial charge in [0.25, 0.3) is 5.91 Å². The summed E-state index contributed by atoms with van der Waals surface area (Å²) in [7, 11) is 3.31. The lowest BCUT2D eigenvalue weighted by Crippen LogP contribution is -2.28. The Morgan fingerprint density at radius 1 is 0.905 bits per heavy atom. The number of thioether (sulfide) groups is 1. The monoisotopic (exact) mass is 575 g/mol. The molecule has 1 amide bonds. The van der Waals surface area contributed by atoms with Crippen molar-refractivity contribution in [3.05, 3.63) is 126 Å². The lowest BCUT2D eigenvalue weighted by Gasteiger charge is -2.22. The molecule has 5 aromatic rings. The van der Waals surface area contributed by atoms with E-state index in [1.54, 1.807) is 31.0 Å². The second-order valence-electron chi connectivity index (χ2n) is 10.4. The number of carbonyl (C=O) groups excluding carboxylic acids is 1. The molecule has 6 rings (SSSR count). The Hall–Kier alpha value is -4.49.